The van der Waals surface area contributed by atoms with Gasteiger partial charge in [-0.2, -0.15) is 0 Å². The molecule has 6 nitrogen and oxygen atoms in total. The summed E-state index contributed by atoms with van der Waals surface area (Å²) < 4.78 is 5.91. The van der Waals surface area contributed by atoms with Crippen LogP contribution >= 0.6 is 11.3 Å². The topological polar surface area (TPSA) is 62.7 Å². The molecular weight excluding hydrogens is 398 g/mol. The largest absolute Gasteiger partial charge is 0.465 e. The van der Waals surface area contributed by atoms with Crippen molar-refractivity contribution < 1.29 is 14.3 Å². The highest BCUT2D eigenvalue weighted by molar-refractivity contribution is 7.22. The van der Waals surface area contributed by atoms with Gasteiger partial charge < -0.3 is 9.64 Å². The van der Waals surface area contributed by atoms with Crippen LogP contribution in [0.1, 0.15) is 38.3 Å². The van der Waals surface area contributed by atoms with E-state index in [4.69, 9.17) is 9.72 Å². The van der Waals surface area contributed by atoms with Crippen LogP contribution in [0.25, 0.3) is 10.2 Å². The highest BCUT2D eigenvalue weighted by Gasteiger charge is 2.25. The summed E-state index contributed by atoms with van der Waals surface area (Å²) in [6, 6.07) is 10.9. The molecule has 0 aliphatic heterocycles. The SMILES string of the molecule is COC(=O)c1ccccc1C(=O)N(CCCN(C)C)c1nc2c(C)c(C)ccc2s1. The Kier molecular flexibility index (Phi) is 6.84. The van der Waals surface area contributed by atoms with Gasteiger partial charge in [-0.3, -0.25) is 9.69 Å². The van der Waals surface area contributed by atoms with Crippen LogP contribution in [0, 0.1) is 13.8 Å². The van der Waals surface area contributed by atoms with Gasteiger partial charge in [-0.05, 0) is 70.2 Å². The average Bonchev–Trinajstić information content (AvgIpc) is 3.17. The first kappa shape index (κ1) is 21.9. The third-order valence-corrected chi connectivity index (χ3v) is 6.14. The fraction of sp³-hybridized carbons (Fsp3) is 0.348. The van der Waals surface area contributed by atoms with Crippen LogP contribution in [0.2, 0.25) is 0 Å². The lowest BCUT2D eigenvalue weighted by molar-refractivity contribution is 0.0597. The van der Waals surface area contributed by atoms with E-state index in [-0.39, 0.29) is 11.5 Å². The fourth-order valence-corrected chi connectivity index (χ4v) is 4.31. The highest BCUT2D eigenvalue weighted by Crippen LogP contribution is 2.33. The summed E-state index contributed by atoms with van der Waals surface area (Å²) in [5.74, 6) is -0.772. The monoisotopic (exact) mass is 425 g/mol. The average molecular weight is 426 g/mol. The normalized spacial score (nSPS) is 11.1. The Morgan fingerprint density at radius 1 is 1.03 bits per heavy atom. The van der Waals surface area contributed by atoms with E-state index in [0.29, 0.717) is 17.2 Å². The van der Waals surface area contributed by atoms with Gasteiger partial charge in [0.15, 0.2) is 5.13 Å². The summed E-state index contributed by atoms with van der Waals surface area (Å²) >= 11 is 1.49. The molecular formula is C23H27N3O3S. The van der Waals surface area contributed by atoms with Crippen molar-refractivity contribution >= 4 is 38.6 Å². The molecule has 0 saturated carbocycles. The van der Waals surface area contributed by atoms with Gasteiger partial charge in [0.1, 0.15) is 0 Å². The number of carbonyl (C=O) groups is 2. The quantitative estimate of drug-likeness (QED) is 0.528. The first-order valence-corrected chi connectivity index (χ1v) is 10.7. The Morgan fingerprint density at radius 3 is 2.40 bits per heavy atom. The number of nitrogens with zero attached hydrogens (tertiary/aromatic N) is 3. The summed E-state index contributed by atoms with van der Waals surface area (Å²) in [4.78, 5) is 34.3. The summed E-state index contributed by atoms with van der Waals surface area (Å²) in [5.41, 5.74) is 3.78. The molecule has 0 aliphatic rings. The Morgan fingerprint density at radius 2 is 1.73 bits per heavy atom. The molecule has 0 aliphatic carbocycles. The van der Waals surface area contributed by atoms with Crippen LogP contribution in [0.3, 0.4) is 0 Å². The lowest BCUT2D eigenvalue weighted by Gasteiger charge is -2.22. The number of rotatable bonds is 7. The van der Waals surface area contributed by atoms with Crippen molar-refractivity contribution in [2.24, 2.45) is 0 Å². The molecule has 0 N–H and O–H groups in total. The molecule has 0 unspecified atom stereocenters. The second-order valence-corrected chi connectivity index (χ2v) is 8.51. The predicted octanol–water partition coefficient (Wildman–Crippen LogP) is 4.30. The first-order chi connectivity index (χ1) is 14.3. The zero-order chi connectivity index (χ0) is 21.8. The fourth-order valence-electron chi connectivity index (χ4n) is 3.26. The van der Waals surface area contributed by atoms with E-state index in [1.54, 1.807) is 29.2 Å². The Labute approximate surface area is 181 Å². The molecule has 0 bridgehead atoms. The van der Waals surface area contributed by atoms with Crippen molar-refractivity contribution in [3.8, 4) is 0 Å². The van der Waals surface area contributed by atoms with Crippen molar-refractivity contribution in [2.45, 2.75) is 20.3 Å². The number of benzene rings is 2. The van der Waals surface area contributed by atoms with Gasteiger partial charge in [-0.1, -0.05) is 29.5 Å². The number of aromatic nitrogens is 1. The number of anilines is 1. The van der Waals surface area contributed by atoms with E-state index in [1.165, 1.54) is 24.0 Å². The summed E-state index contributed by atoms with van der Waals surface area (Å²) in [5, 5.41) is 0.641. The number of hydrogen-bond acceptors (Lipinski definition) is 6. The molecule has 158 valence electrons. The zero-order valence-electron chi connectivity index (χ0n) is 18.1. The molecule has 2 aromatic carbocycles. The number of thiazole rings is 1. The molecule has 0 fully saturated rings. The first-order valence-electron chi connectivity index (χ1n) is 9.84. The van der Waals surface area contributed by atoms with E-state index in [0.717, 1.165) is 28.7 Å². The number of aryl methyl sites for hydroxylation is 2. The zero-order valence-corrected chi connectivity index (χ0v) is 18.9. The molecule has 0 atom stereocenters. The number of ether oxygens (including phenoxy) is 1. The number of hydrogen-bond donors (Lipinski definition) is 0. The Bertz CT molecular complexity index is 1070. The van der Waals surface area contributed by atoms with Crippen molar-refractivity contribution in [1.82, 2.24) is 9.88 Å². The van der Waals surface area contributed by atoms with Crippen LogP contribution in [0.4, 0.5) is 5.13 Å². The molecule has 0 spiro atoms. The van der Waals surface area contributed by atoms with E-state index >= 15 is 0 Å². The van der Waals surface area contributed by atoms with E-state index in [9.17, 15) is 9.59 Å². The Balaban J connectivity index is 2.04. The molecule has 1 heterocycles. The molecule has 7 heteroatoms. The van der Waals surface area contributed by atoms with Crippen LogP contribution < -0.4 is 4.90 Å². The van der Waals surface area contributed by atoms with Gasteiger partial charge in [-0.15, -0.1) is 0 Å². The number of methoxy groups -OCH3 is 1. The van der Waals surface area contributed by atoms with Gasteiger partial charge in [0.2, 0.25) is 0 Å². The van der Waals surface area contributed by atoms with Crippen molar-refractivity contribution in [2.75, 3.05) is 39.2 Å². The lowest BCUT2D eigenvalue weighted by Crippen LogP contribution is -2.34. The molecule has 3 rings (SSSR count). The second kappa shape index (κ2) is 9.36. The summed E-state index contributed by atoms with van der Waals surface area (Å²) in [6.45, 7) is 5.45. The van der Waals surface area contributed by atoms with Gasteiger partial charge in [0, 0.05) is 6.54 Å². The van der Waals surface area contributed by atoms with Crippen molar-refractivity contribution in [3.63, 3.8) is 0 Å². The van der Waals surface area contributed by atoms with E-state index in [2.05, 4.69) is 17.9 Å². The molecule has 1 aromatic heterocycles. The third kappa shape index (κ3) is 4.52. The van der Waals surface area contributed by atoms with E-state index < -0.39 is 5.97 Å². The minimum atomic E-state index is -0.525. The maximum Gasteiger partial charge on any atom is 0.338 e. The van der Waals surface area contributed by atoms with Gasteiger partial charge in [-0.25, -0.2) is 9.78 Å². The summed E-state index contributed by atoms with van der Waals surface area (Å²) in [7, 11) is 5.32. The molecule has 0 saturated heterocycles. The Hall–Kier alpha value is -2.77. The summed E-state index contributed by atoms with van der Waals surface area (Å²) in [6.07, 6.45) is 0.785. The number of amides is 1. The minimum absolute atomic E-state index is 0.247. The van der Waals surface area contributed by atoms with Crippen molar-refractivity contribution in [1.29, 1.82) is 0 Å². The standard InChI is InChI=1S/C23H27N3O3S/c1-15-11-12-19-20(16(15)2)24-23(30-19)26(14-8-13-25(3)4)21(27)17-9-6-7-10-18(17)22(28)29-5/h6-7,9-12H,8,13-14H2,1-5H3. The molecule has 30 heavy (non-hydrogen) atoms. The number of fused-ring (bicyclic) bond motifs is 1. The highest BCUT2D eigenvalue weighted by atomic mass is 32.1. The van der Waals surface area contributed by atoms with Gasteiger partial charge in [0.05, 0.1) is 28.5 Å². The van der Waals surface area contributed by atoms with Gasteiger partial charge in [0.25, 0.3) is 5.91 Å². The second-order valence-electron chi connectivity index (χ2n) is 7.50. The molecule has 0 radical (unpaired) electrons. The number of carbonyl (C=O) groups excluding carboxylic acids is 2. The van der Waals surface area contributed by atoms with Crippen LogP contribution in [0.15, 0.2) is 36.4 Å². The van der Waals surface area contributed by atoms with Gasteiger partial charge >= 0.3 is 5.97 Å². The van der Waals surface area contributed by atoms with E-state index in [1.807, 2.05) is 27.1 Å². The van der Waals surface area contributed by atoms with Crippen molar-refractivity contribution in [3.05, 3.63) is 58.7 Å². The van der Waals surface area contributed by atoms with Crippen LogP contribution in [0.5, 0.6) is 0 Å². The molecule has 3 aromatic rings. The minimum Gasteiger partial charge on any atom is -0.465 e. The van der Waals surface area contributed by atoms with Crippen LogP contribution in [-0.4, -0.2) is 56.1 Å². The number of esters is 1. The predicted molar refractivity (Wildman–Crippen MR) is 122 cm³/mol. The maximum atomic E-state index is 13.6. The maximum absolute atomic E-state index is 13.6. The smallest absolute Gasteiger partial charge is 0.338 e. The third-order valence-electron chi connectivity index (χ3n) is 5.10. The van der Waals surface area contributed by atoms with Crippen LogP contribution in [-0.2, 0) is 4.74 Å². The molecule has 1 amide bonds. The lowest BCUT2D eigenvalue weighted by atomic mass is 10.1.